The minimum Gasteiger partial charge on any atom is -0.508 e. The zero-order chi connectivity index (χ0) is 11.3. The normalized spacial score (nSPS) is 12.3. The molecule has 3 N–H and O–H groups in total. The van der Waals surface area contributed by atoms with Crippen molar-refractivity contribution in [2.45, 2.75) is 25.9 Å². The molecule has 0 amide bonds. The summed E-state index contributed by atoms with van der Waals surface area (Å²) in [6, 6.07) is 6.76. The van der Waals surface area contributed by atoms with Crippen LogP contribution < -0.4 is 5.32 Å². The molecule has 0 saturated heterocycles. The minimum atomic E-state index is -0.805. The molecule has 0 bridgehead atoms. The van der Waals surface area contributed by atoms with E-state index in [1.807, 2.05) is 6.92 Å². The van der Waals surface area contributed by atoms with Gasteiger partial charge in [-0.1, -0.05) is 12.1 Å². The molecular weight excluding hydrogens is 194 g/mol. The summed E-state index contributed by atoms with van der Waals surface area (Å²) in [6.45, 7) is 2.43. The van der Waals surface area contributed by atoms with Crippen molar-refractivity contribution in [3.63, 3.8) is 0 Å². The molecule has 0 heterocycles. The van der Waals surface area contributed by atoms with E-state index in [2.05, 4.69) is 5.32 Å². The highest BCUT2D eigenvalue weighted by molar-refractivity contribution is 5.67. The molecule has 82 valence electrons. The van der Waals surface area contributed by atoms with Gasteiger partial charge in [0.05, 0.1) is 6.42 Å². The fourth-order valence-corrected chi connectivity index (χ4v) is 1.24. The number of carbonyl (C=O) groups is 1. The largest absolute Gasteiger partial charge is 0.508 e. The van der Waals surface area contributed by atoms with Crippen molar-refractivity contribution in [1.82, 2.24) is 5.32 Å². The Bertz CT molecular complexity index is 321. The number of rotatable bonds is 5. The lowest BCUT2D eigenvalue weighted by molar-refractivity contribution is -0.137. The quantitative estimate of drug-likeness (QED) is 0.684. The van der Waals surface area contributed by atoms with E-state index in [1.54, 1.807) is 24.3 Å². The summed E-state index contributed by atoms with van der Waals surface area (Å²) in [6.07, 6.45) is 0.109. The molecule has 15 heavy (non-hydrogen) atoms. The van der Waals surface area contributed by atoms with Gasteiger partial charge in [-0.05, 0) is 24.6 Å². The Hall–Kier alpha value is -1.55. The molecule has 0 saturated carbocycles. The molecule has 4 heteroatoms. The van der Waals surface area contributed by atoms with Gasteiger partial charge in [-0.25, -0.2) is 0 Å². The highest BCUT2D eigenvalue weighted by Crippen LogP contribution is 2.09. The van der Waals surface area contributed by atoms with Crippen molar-refractivity contribution in [2.75, 3.05) is 0 Å². The predicted molar refractivity (Wildman–Crippen MR) is 56.7 cm³/mol. The van der Waals surface area contributed by atoms with Gasteiger partial charge >= 0.3 is 5.97 Å². The molecule has 0 aromatic heterocycles. The number of carboxylic acids is 1. The fourth-order valence-electron chi connectivity index (χ4n) is 1.24. The fraction of sp³-hybridized carbons (Fsp3) is 0.364. The van der Waals surface area contributed by atoms with E-state index in [1.165, 1.54) is 0 Å². The van der Waals surface area contributed by atoms with E-state index < -0.39 is 5.97 Å². The third-order valence-electron chi connectivity index (χ3n) is 2.07. The van der Waals surface area contributed by atoms with Crippen molar-refractivity contribution in [3.05, 3.63) is 29.8 Å². The zero-order valence-electron chi connectivity index (χ0n) is 8.60. The molecule has 0 aliphatic carbocycles. The number of carboxylic acid groups (broad SMARTS) is 1. The summed E-state index contributed by atoms with van der Waals surface area (Å²) in [5.74, 6) is -0.571. The van der Waals surface area contributed by atoms with Crippen LogP contribution in [-0.4, -0.2) is 22.2 Å². The van der Waals surface area contributed by atoms with Gasteiger partial charge in [-0.2, -0.15) is 0 Å². The molecule has 1 aromatic rings. The monoisotopic (exact) mass is 209 g/mol. The van der Waals surface area contributed by atoms with Crippen LogP contribution in [0.25, 0.3) is 0 Å². The lowest BCUT2D eigenvalue weighted by Gasteiger charge is -2.11. The summed E-state index contributed by atoms with van der Waals surface area (Å²) in [4.78, 5) is 10.4. The summed E-state index contributed by atoms with van der Waals surface area (Å²) in [5.41, 5.74) is 1.02. The van der Waals surface area contributed by atoms with Gasteiger partial charge in [0.2, 0.25) is 0 Å². The Morgan fingerprint density at radius 3 is 2.53 bits per heavy atom. The highest BCUT2D eigenvalue weighted by atomic mass is 16.4. The predicted octanol–water partition coefficient (Wildman–Crippen LogP) is 1.34. The Kier molecular flexibility index (Phi) is 4.12. The Morgan fingerprint density at radius 2 is 2.00 bits per heavy atom. The minimum absolute atomic E-state index is 0.0590. The number of aliphatic carboxylic acids is 1. The van der Waals surface area contributed by atoms with Crippen LogP contribution in [-0.2, 0) is 11.3 Å². The van der Waals surface area contributed by atoms with Crippen LogP contribution in [0.5, 0.6) is 5.75 Å². The van der Waals surface area contributed by atoms with Crippen molar-refractivity contribution < 1.29 is 15.0 Å². The van der Waals surface area contributed by atoms with E-state index in [9.17, 15) is 4.79 Å². The smallest absolute Gasteiger partial charge is 0.304 e. The molecule has 1 aromatic carbocycles. The van der Waals surface area contributed by atoms with Crippen LogP contribution in [0, 0.1) is 0 Å². The van der Waals surface area contributed by atoms with Gasteiger partial charge in [0.15, 0.2) is 0 Å². The average Bonchev–Trinajstić information content (AvgIpc) is 2.16. The van der Waals surface area contributed by atoms with Crippen molar-refractivity contribution in [1.29, 1.82) is 0 Å². The summed E-state index contributed by atoms with van der Waals surface area (Å²) < 4.78 is 0. The Labute approximate surface area is 88.6 Å². The van der Waals surface area contributed by atoms with Crippen LogP contribution >= 0.6 is 0 Å². The first kappa shape index (κ1) is 11.5. The maximum Gasteiger partial charge on any atom is 0.304 e. The van der Waals surface area contributed by atoms with E-state index in [0.29, 0.717) is 6.54 Å². The molecule has 0 radical (unpaired) electrons. The number of aromatic hydroxyl groups is 1. The van der Waals surface area contributed by atoms with Crippen LogP contribution in [0.3, 0.4) is 0 Å². The second kappa shape index (κ2) is 5.36. The first-order valence-electron chi connectivity index (χ1n) is 4.81. The second-order valence-electron chi connectivity index (χ2n) is 3.55. The van der Waals surface area contributed by atoms with Crippen LogP contribution in [0.1, 0.15) is 18.9 Å². The Balaban J connectivity index is 2.36. The lowest BCUT2D eigenvalue weighted by Crippen LogP contribution is -2.27. The standard InChI is InChI=1S/C11H15NO3/c1-8(6-11(14)15)12-7-9-2-4-10(13)5-3-9/h2-5,8,12-13H,6-7H2,1H3,(H,14,15). The van der Waals surface area contributed by atoms with Gasteiger partial charge in [-0.3, -0.25) is 4.79 Å². The summed E-state index contributed by atoms with van der Waals surface area (Å²) >= 11 is 0. The number of hydrogen-bond donors (Lipinski definition) is 3. The third kappa shape index (κ3) is 4.46. The van der Waals surface area contributed by atoms with Gasteiger partial charge in [0.1, 0.15) is 5.75 Å². The van der Waals surface area contributed by atoms with E-state index >= 15 is 0 Å². The number of phenols is 1. The molecule has 0 fully saturated rings. The number of nitrogens with one attached hydrogen (secondary N) is 1. The van der Waals surface area contributed by atoms with Gasteiger partial charge in [-0.15, -0.1) is 0 Å². The van der Waals surface area contributed by atoms with Crippen molar-refractivity contribution in [2.24, 2.45) is 0 Å². The van der Waals surface area contributed by atoms with Crippen molar-refractivity contribution >= 4 is 5.97 Å². The highest BCUT2D eigenvalue weighted by Gasteiger charge is 2.06. The first-order valence-corrected chi connectivity index (χ1v) is 4.81. The zero-order valence-corrected chi connectivity index (χ0v) is 8.60. The molecule has 1 unspecified atom stereocenters. The third-order valence-corrected chi connectivity index (χ3v) is 2.07. The maximum atomic E-state index is 10.4. The SMILES string of the molecule is CC(CC(=O)O)NCc1ccc(O)cc1. The molecule has 0 aliphatic heterocycles. The lowest BCUT2D eigenvalue weighted by atomic mass is 10.2. The topological polar surface area (TPSA) is 69.6 Å². The second-order valence-corrected chi connectivity index (χ2v) is 3.55. The average molecular weight is 209 g/mol. The molecule has 0 spiro atoms. The number of hydrogen-bond acceptors (Lipinski definition) is 3. The van der Waals surface area contributed by atoms with E-state index in [-0.39, 0.29) is 18.2 Å². The Morgan fingerprint density at radius 1 is 1.40 bits per heavy atom. The number of phenolic OH excluding ortho intramolecular Hbond substituents is 1. The van der Waals surface area contributed by atoms with Crippen LogP contribution in [0.4, 0.5) is 0 Å². The van der Waals surface area contributed by atoms with E-state index in [4.69, 9.17) is 10.2 Å². The summed E-state index contributed by atoms with van der Waals surface area (Å²) in [7, 11) is 0. The molecule has 0 aliphatic rings. The van der Waals surface area contributed by atoms with E-state index in [0.717, 1.165) is 5.56 Å². The van der Waals surface area contributed by atoms with Crippen molar-refractivity contribution in [3.8, 4) is 5.75 Å². The van der Waals surface area contributed by atoms with Gasteiger partial charge in [0.25, 0.3) is 0 Å². The van der Waals surface area contributed by atoms with Gasteiger partial charge < -0.3 is 15.5 Å². The number of benzene rings is 1. The molecule has 1 atom stereocenters. The summed E-state index contributed by atoms with van der Waals surface area (Å²) in [5, 5.41) is 20.7. The molecule has 4 nitrogen and oxygen atoms in total. The van der Waals surface area contributed by atoms with Crippen LogP contribution in [0.15, 0.2) is 24.3 Å². The molecular formula is C11H15NO3. The first-order chi connectivity index (χ1) is 7.08. The van der Waals surface area contributed by atoms with Gasteiger partial charge in [0, 0.05) is 12.6 Å². The maximum absolute atomic E-state index is 10.4. The molecule has 1 rings (SSSR count). The van der Waals surface area contributed by atoms with Crippen LogP contribution in [0.2, 0.25) is 0 Å².